The fourth-order valence-electron chi connectivity index (χ4n) is 3.66. The van der Waals surface area contributed by atoms with Gasteiger partial charge in [0.2, 0.25) is 0 Å². The molecule has 3 aromatic rings. The number of carbonyl (C=O) groups excluding carboxylic acids is 2. The number of benzene rings is 2. The highest BCUT2D eigenvalue weighted by atomic mass is 16.5. The summed E-state index contributed by atoms with van der Waals surface area (Å²) in [5.41, 5.74) is 0.779. The molecule has 0 spiro atoms. The van der Waals surface area contributed by atoms with Crippen LogP contribution in [0.25, 0.3) is 0 Å². The maximum Gasteiger partial charge on any atom is 0.260 e. The molecule has 1 saturated heterocycles. The van der Waals surface area contributed by atoms with Crippen LogP contribution in [0.4, 0.5) is 5.82 Å². The molecule has 0 radical (unpaired) electrons. The Morgan fingerprint density at radius 1 is 0.935 bits per heavy atom. The van der Waals surface area contributed by atoms with Crippen LogP contribution in [0.2, 0.25) is 0 Å². The molecule has 0 saturated carbocycles. The summed E-state index contributed by atoms with van der Waals surface area (Å²) < 4.78 is 5.88. The summed E-state index contributed by atoms with van der Waals surface area (Å²) >= 11 is 0. The van der Waals surface area contributed by atoms with Gasteiger partial charge < -0.3 is 15.0 Å². The molecular formula is C25H25N3O3. The molecule has 0 bridgehead atoms. The number of aromatic nitrogens is 1. The Balaban J connectivity index is 1.48. The van der Waals surface area contributed by atoms with Gasteiger partial charge in [0.1, 0.15) is 23.0 Å². The molecule has 4 rings (SSSR count). The third-order valence-electron chi connectivity index (χ3n) is 5.44. The number of amides is 1. The predicted octanol–water partition coefficient (Wildman–Crippen LogP) is 4.65. The number of likely N-dealkylation sites (tertiary alicyclic amines) is 1. The Hall–Kier alpha value is -3.51. The zero-order valence-corrected chi connectivity index (χ0v) is 17.5. The second-order valence-electron chi connectivity index (χ2n) is 7.72. The van der Waals surface area contributed by atoms with Crippen molar-refractivity contribution in [2.24, 2.45) is 5.92 Å². The maximum atomic E-state index is 12.9. The minimum absolute atomic E-state index is 0.0188. The number of para-hydroxylation sites is 2. The van der Waals surface area contributed by atoms with Gasteiger partial charge in [-0.05, 0) is 69.4 Å². The van der Waals surface area contributed by atoms with Gasteiger partial charge in [0.05, 0.1) is 5.56 Å². The van der Waals surface area contributed by atoms with Gasteiger partial charge in [0, 0.05) is 5.92 Å². The Morgan fingerprint density at radius 3 is 2.42 bits per heavy atom. The number of nitrogens with zero attached hydrogens (tertiary/aromatic N) is 2. The fourth-order valence-corrected chi connectivity index (χ4v) is 3.66. The maximum absolute atomic E-state index is 12.9. The van der Waals surface area contributed by atoms with E-state index < -0.39 is 0 Å². The van der Waals surface area contributed by atoms with Gasteiger partial charge in [-0.15, -0.1) is 0 Å². The van der Waals surface area contributed by atoms with Crippen LogP contribution in [0.5, 0.6) is 11.5 Å². The van der Waals surface area contributed by atoms with E-state index in [9.17, 15) is 9.59 Å². The molecule has 158 valence electrons. The van der Waals surface area contributed by atoms with Gasteiger partial charge in [0.25, 0.3) is 5.91 Å². The molecule has 2 heterocycles. The highest BCUT2D eigenvalue weighted by Gasteiger charge is 2.25. The Bertz CT molecular complexity index is 1060. The number of hydrogen-bond donors (Lipinski definition) is 1. The zero-order valence-electron chi connectivity index (χ0n) is 17.5. The van der Waals surface area contributed by atoms with E-state index >= 15 is 0 Å². The summed E-state index contributed by atoms with van der Waals surface area (Å²) in [7, 11) is 2.06. The number of hydrogen-bond acceptors (Lipinski definition) is 5. The third-order valence-corrected chi connectivity index (χ3v) is 5.44. The molecule has 1 aliphatic rings. The molecule has 6 nitrogen and oxygen atoms in total. The van der Waals surface area contributed by atoms with Crippen molar-refractivity contribution < 1.29 is 14.3 Å². The van der Waals surface area contributed by atoms with Crippen LogP contribution in [0.1, 0.15) is 33.7 Å². The quantitative estimate of drug-likeness (QED) is 0.594. The minimum Gasteiger partial charge on any atom is -0.457 e. The molecule has 1 aromatic heterocycles. The second kappa shape index (κ2) is 9.53. The SMILES string of the molecule is CN1CCC(C(=O)c2cccc(NC(=O)c3ccccc3Oc3ccccc3)n2)CC1. The number of pyridine rings is 1. The van der Waals surface area contributed by atoms with Crippen LogP contribution in [0.15, 0.2) is 72.8 Å². The largest absolute Gasteiger partial charge is 0.457 e. The van der Waals surface area contributed by atoms with Gasteiger partial charge in [-0.25, -0.2) is 4.98 Å². The molecule has 1 N–H and O–H groups in total. The fraction of sp³-hybridized carbons (Fsp3) is 0.240. The summed E-state index contributed by atoms with van der Waals surface area (Å²) in [5.74, 6) is 1.12. The molecule has 0 atom stereocenters. The summed E-state index contributed by atoms with van der Waals surface area (Å²) in [6, 6.07) is 21.5. The summed E-state index contributed by atoms with van der Waals surface area (Å²) in [4.78, 5) is 32.4. The van der Waals surface area contributed by atoms with Crippen molar-refractivity contribution in [1.82, 2.24) is 9.88 Å². The number of Topliss-reactive ketones (excluding diaryl/α,β-unsaturated/α-hetero) is 1. The van der Waals surface area contributed by atoms with Crippen molar-refractivity contribution in [3.63, 3.8) is 0 Å². The van der Waals surface area contributed by atoms with Gasteiger partial charge >= 0.3 is 0 Å². The molecule has 1 fully saturated rings. The molecule has 2 aromatic carbocycles. The van der Waals surface area contributed by atoms with Gasteiger partial charge in [-0.2, -0.15) is 0 Å². The van der Waals surface area contributed by atoms with Gasteiger partial charge in [-0.1, -0.05) is 36.4 Å². The number of rotatable bonds is 6. The molecule has 0 aliphatic carbocycles. The van der Waals surface area contributed by atoms with E-state index in [2.05, 4.69) is 22.2 Å². The van der Waals surface area contributed by atoms with E-state index in [1.165, 1.54) is 0 Å². The lowest BCUT2D eigenvalue weighted by molar-refractivity contribution is 0.0851. The predicted molar refractivity (Wildman–Crippen MR) is 120 cm³/mol. The van der Waals surface area contributed by atoms with E-state index in [0.29, 0.717) is 28.6 Å². The summed E-state index contributed by atoms with van der Waals surface area (Å²) in [6.45, 7) is 1.82. The zero-order chi connectivity index (χ0) is 21.6. The highest BCUT2D eigenvalue weighted by Crippen LogP contribution is 2.26. The number of ether oxygens (including phenoxy) is 1. The summed E-state index contributed by atoms with van der Waals surface area (Å²) in [5, 5.41) is 2.80. The number of anilines is 1. The van der Waals surface area contributed by atoms with Crippen molar-refractivity contribution in [2.75, 3.05) is 25.5 Å². The van der Waals surface area contributed by atoms with Crippen LogP contribution < -0.4 is 10.1 Å². The normalized spacial score (nSPS) is 14.7. The molecule has 0 unspecified atom stereocenters. The van der Waals surface area contributed by atoms with Crippen molar-refractivity contribution in [1.29, 1.82) is 0 Å². The first-order valence-corrected chi connectivity index (χ1v) is 10.4. The van der Waals surface area contributed by atoms with Gasteiger partial charge in [-0.3, -0.25) is 9.59 Å². The van der Waals surface area contributed by atoms with E-state index in [0.717, 1.165) is 25.9 Å². The number of piperidine rings is 1. The molecule has 31 heavy (non-hydrogen) atoms. The highest BCUT2D eigenvalue weighted by molar-refractivity contribution is 6.06. The molecule has 1 amide bonds. The van der Waals surface area contributed by atoms with Gasteiger partial charge in [0.15, 0.2) is 5.78 Å². The van der Waals surface area contributed by atoms with Crippen LogP contribution in [-0.4, -0.2) is 41.7 Å². The lowest BCUT2D eigenvalue weighted by Crippen LogP contribution is -2.33. The smallest absolute Gasteiger partial charge is 0.260 e. The van der Waals surface area contributed by atoms with Crippen molar-refractivity contribution in [3.8, 4) is 11.5 Å². The van der Waals surface area contributed by atoms with Crippen LogP contribution in [0.3, 0.4) is 0 Å². The standard InChI is InChI=1S/C25H25N3O3/c1-28-16-14-18(15-17-28)24(29)21-11-7-13-23(26-21)27-25(30)20-10-5-6-12-22(20)31-19-8-3-2-4-9-19/h2-13,18H,14-17H2,1H3,(H,26,27,30). The van der Waals surface area contributed by atoms with Crippen molar-refractivity contribution in [3.05, 3.63) is 84.1 Å². The van der Waals surface area contributed by atoms with E-state index in [1.54, 1.807) is 36.4 Å². The topological polar surface area (TPSA) is 71.5 Å². The first-order chi connectivity index (χ1) is 15.1. The average molecular weight is 415 g/mol. The van der Waals surface area contributed by atoms with Crippen molar-refractivity contribution in [2.45, 2.75) is 12.8 Å². The van der Waals surface area contributed by atoms with Crippen LogP contribution >= 0.6 is 0 Å². The second-order valence-corrected chi connectivity index (χ2v) is 7.72. The van der Waals surface area contributed by atoms with Crippen molar-refractivity contribution >= 4 is 17.5 Å². The third kappa shape index (κ3) is 5.16. The number of nitrogens with one attached hydrogen (secondary N) is 1. The molecule has 6 heteroatoms. The number of ketones is 1. The monoisotopic (exact) mass is 415 g/mol. The average Bonchev–Trinajstić information content (AvgIpc) is 2.80. The minimum atomic E-state index is -0.345. The van der Waals surface area contributed by atoms with Crippen LogP contribution in [-0.2, 0) is 0 Å². The lowest BCUT2D eigenvalue weighted by Gasteiger charge is -2.27. The lowest BCUT2D eigenvalue weighted by atomic mass is 9.91. The Morgan fingerprint density at radius 2 is 1.65 bits per heavy atom. The first-order valence-electron chi connectivity index (χ1n) is 10.4. The Kier molecular flexibility index (Phi) is 6.38. The number of carbonyl (C=O) groups is 2. The van der Waals surface area contributed by atoms with E-state index in [1.807, 2.05) is 36.4 Å². The van der Waals surface area contributed by atoms with E-state index in [-0.39, 0.29) is 17.6 Å². The summed E-state index contributed by atoms with van der Waals surface area (Å²) in [6.07, 6.45) is 1.66. The Labute approximate surface area is 181 Å². The molecule has 1 aliphatic heterocycles. The first kappa shape index (κ1) is 20.8. The van der Waals surface area contributed by atoms with E-state index in [4.69, 9.17) is 4.74 Å². The van der Waals surface area contributed by atoms with Crippen LogP contribution in [0, 0.1) is 5.92 Å². The molecular weight excluding hydrogens is 390 g/mol.